The quantitative estimate of drug-likeness (QED) is 0.650. The summed E-state index contributed by atoms with van der Waals surface area (Å²) in [7, 11) is 0. The smallest absolute Gasteiger partial charge is 0.312 e. The van der Waals surface area contributed by atoms with Crippen molar-refractivity contribution in [2.24, 2.45) is 5.41 Å². The Balaban J connectivity index is 1.92. The highest BCUT2D eigenvalue weighted by Gasteiger charge is 2.50. The molecule has 2 fully saturated rings. The maximum atomic E-state index is 11.7. The van der Waals surface area contributed by atoms with Gasteiger partial charge in [-0.3, -0.25) is 9.59 Å². The van der Waals surface area contributed by atoms with Crippen molar-refractivity contribution in [3.8, 4) is 0 Å². The van der Waals surface area contributed by atoms with Crippen LogP contribution in [-0.4, -0.2) is 24.6 Å². The highest BCUT2D eigenvalue weighted by Crippen LogP contribution is 2.47. The van der Waals surface area contributed by atoms with Crippen LogP contribution in [0, 0.1) is 5.41 Å². The number of carbonyl (C=O) groups excluding carboxylic acids is 2. The molecule has 4 heteroatoms. The van der Waals surface area contributed by atoms with Crippen molar-refractivity contribution in [2.45, 2.75) is 45.1 Å². The molecule has 4 nitrogen and oxygen atoms in total. The number of carbonyl (C=O) groups is 2. The molecule has 0 N–H and O–H groups in total. The second-order valence-electron chi connectivity index (χ2n) is 4.52. The fourth-order valence-corrected chi connectivity index (χ4v) is 2.60. The number of ether oxygens (including phenoxy) is 2. The molecule has 1 atom stereocenters. The molecule has 0 amide bonds. The van der Waals surface area contributed by atoms with Crippen LogP contribution in [0.15, 0.2) is 0 Å². The monoisotopic (exact) mass is 212 g/mol. The van der Waals surface area contributed by atoms with Gasteiger partial charge in [0.2, 0.25) is 0 Å². The van der Waals surface area contributed by atoms with Crippen LogP contribution >= 0.6 is 0 Å². The summed E-state index contributed by atoms with van der Waals surface area (Å²) < 4.78 is 10.1. The van der Waals surface area contributed by atoms with Gasteiger partial charge in [0.1, 0.15) is 12.7 Å². The van der Waals surface area contributed by atoms with Crippen LogP contribution in [0.1, 0.15) is 39.0 Å². The predicted octanol–water partition coefficient (Wildman–Crippen LogP) is 1.43. The largest absolute Gasteiger partial charge is 0.462 e. The second-order valence-corrected chi connectivity index (χ2v) is 4.52. The first-order valence-electron chi connectivity index (χ1n) is 5.47. The Hall–Kier alpha value is -1.06. The van der Waals surface area contributed by atoms with Gasteiger partial charge in [-0.2, -0.15) is 0 Å². The highest BCUT2D eigenvalue weighted by molar-refractivity contribution is 5.79. The molecule has 0 aromatic heterocycles. The molecule has 0 aromatic rings. The number of esters is 2. The zero-order valence-corrected chi connectivity index (χ0v) is 8.95. The summed E-state index contributed by atoms with van der Waals surface area (Å²) in [5, 5.41) is 0. The topological polar surface area (TPSA) is 52.6 Å². The van der Waals surface area contributed by atoms with Gasteiger partial charge in [-0.1, -0.05) is 12.8 Å². The van der Waals surface area contributed by atoms with E-state index < -0.39 is 0 Å². The van der Waals surface area contributed by atoms with Gasteiger partial charge in [0.25, 0.3) is 0 Å². The van der Waals surface area contributed by atoms with E-state index in [0.717, 1.165) is 32.1 Å². The first-order valence-corrected chi connectivity index (χ1v) is 5.47. The summed E-state index contributed by atoms with van der Waals surface area (Å²) in [6.45, 7) is 1.57. The van der Waals surface area contributed by atoms with Gasteiger partial charge in [0.15, 0.2) is 0 Å². The van der Waals surface area contributed by atoms with Crippen molar-refractivity contribution in [3.05, 3.63) is 0 Å². The maximum absolute atomic E-state index is 11.7. The molecule has 0 aromatic carbocycles. The minimum absolute atomic E-state index is 0.0860. The lowest BCUT2D eigenvalue weighted by molar-refractivity contribution is -0.154. The zero-order chi connectivity index (χ0) is 10.9. The molecule has 0 bridgehead atoms. The summed E-state index contributed by atoms with van der Waals surface area (Å²) >= 11 is 0. The van der Waals surface area contributed by atoms with E-state index in [0.29, 0.717) is 0 Å². The Morgan fingerprint density at radius 3 is 2.80 bits per heavy atom. The third-order valence-electron chi connectivity index (χ3n) is 3.36. The van der Waals surface area contributed by atoms with Gasteiger partial charge in [0.05, 0.1) is 5.41 Å². The van der Waals surface area contributed by atoms with E-state index in [2.05, 4.69) is 0 Å². The van der Waals surface area contributed by atoms with E-state index in [1.807, 2.05) is 0 Å². The summed E-state index contributed by atoms with van der Waals surface area (Å²) in [5.74, 6) is -0.407. The fraction of sp³-hybridized carbons (Fsp3) is 0.818. The maximum Gasteiger partial charge on any atom is 0.312 e. The van der Waals surface area contributed by atoms with Crippen LogP contribution in [0.2, 0.25) is 0 Å². The minimum Gasteiger partial charge on any atom is -0.462 e. The first-order chi connectivity index (χ1) is 7.12. The van der Waals surface area contributed by atoms with Gasteiger partial charge >= 0.3 is 11.9 Å². The predicted molar refractivity (Wildman–Crippen MR) is 52.0 cm³/mol. The van der Waals surface area contributed by atoms with Crippen LogP contribution < -0.4 is 0 Å². The standard InChI is InChI=1S/C11H16O4/c1-8(12)14-7-9-6-11(10(13)15-9)4-2-3-5-11/h9H,2-7H2,1H3. The van der Waals surface area contributed by atoms with Gasteiger partial charge in [0, 0.05) is 13.3 Å². The summed E-state index contributed by atoms with van der Waals surface area (Å²) in [5.41, 5.74) is -0.245. The number of hydrogen-bond donors (Lipinski definition) is 0. The Bertz CT molecular complexity index is 278. The van der Waals surface area contributed by atoms with Crippen LogP contribution in [0.5, 0.6) is 0 Å². The van der Waals surface area contributed by atoms with Crippen molar-refractivity contribution in [1.29, 1.82) is 0 Å². The Labute approximate surface area is 88.9 Å². The van der Waals surface area contributed by atoms with Crippen LogP contribution in [0.3, 0.4) is 0 Å². The van der Waals surface area contributed by atoms with E-state index in [1.165, 1.54) is 6.92 Å². The lowest BCUT2D eigenvalue weighted by Gasteiger charge is -2.15. The van der Waals surface area contributed by atoms with Crippen molar-refractivity contribution >= 4 is 11.9 Å². The van der Waals surface area contributed by atoms with Crippen LogP contribution in [-0.2, 0) is 19.1 Å². The van der Waals surface area contributed by atoms with Crippen molar-refractivity contribution in [2.75, 3.05) is 6.61 Å². The van der Waals surface area contributed by atoms with E-state index in [-0.39, 0.29) is 30.1 Å². The van der Waals surface area contributed by atoms with Gasteiger partial charge in [-0.25, -0.2) is 0 Å². The van der Waals surface area contributed by atoms with Crippen LogP contribution in [0.4, 0.5) is 0 Å². The Morgan fingerprint density at radius 1 is 1.53 bits per heavy atom. The normalized spacial score (nSPS) is 28.1. The molecule has 2 aliphatic rings. The molecule has 1 saturated heterocycles. The molecule has 1 spiro atoms. The highest BCUT2D eigenvalue weighted by atomic mass is 16.6. The third kappa shape index (κ3) is 1.98. The summed E-state index contributed by atoms with van der Waals surface area (Å²) in [6.07, 6.45) is 4.58. The lowest BCUT2D eigenvalue weighted by atomic mass is 9.83. The molecular formula is C11H16O4. The Kier molecular flexibility index (Phi) is 2.67. The van der Waals surface area contributed by atoms with Crippen molar-refractivity contribution < 1.29 is 19.1 Å². The second kappa shape index (κ2) is 3.83. The first kappa shape index (κ1) is 10.5. The van der Waals surface area contributed by atoms with Gasteiger partial charge in [-0.05, 0) is 12.8 Å². The van der Waals surface area contributed by atoms with E-state index in [9.17, 15) is 9.59 Å². The molecule has 0 radical (unpaired) electrons. The van der Waals surface area contributed by atoms with E-state index in [1.54, 1.807) is 0 Å². The molecular weight excluding hydrogens is 196 g/mol. The molecule has 84 valence electrons. The average molecular weight is 212 g/mol. The number of rotatable bonds is 2. The molecule has 1 saturated carbocycles. The van der Waals surface area contributed by atoms with Crippen molar-refractivity contribution in [1.82, 2.24) is 0 Å². The number of hydrogen-bond acceptors (Lipinski definition) is 4. The van der Waals surface area contributed by atoms with Crippen LogP contribution in [0.25, 0.3) is 0 Å². The molecule has 1 heterocycles. The fourth-order valence-electron chi connectivity index (χ4n) is 2.60. The lowest BCUT2D eigenvalue weighted by Crippen LogP contribution is -2.22. The molecule has 15 heavy (non-hydrogen) atoms. The zero-order valence-electron chi connectivity index (χ0n) is 8.95. The minimum atomic E-state index is -0.321. The number of cyclic esters (lactones) is 1. The molecule has 1 aliphatic heterocycles. The van der Waals surface area contributed by atoms with Crippen molar-refractivity contribution in [3.63, 3.8) is 0 Å². The summed E-state index contributed by atoms with van der Waals surface area (Å²) in [4.78, 5) is 22.3. The molecule has 1 aliphatic carbocycles. The van der Waals surface area contributed by atoms with E-state index in [4.69, 9.17) is 9.47 Å². The van der Waals surface area contributed by atoms with Gasteiger partial charge in [-0.15, -0.1) is 0 Å². The summed E-state index contributed by atoms with van der Waals surface area (Å²) in [6, 6.07) is 0. The van der Waals surface area contributed by atoms with Gasteiger partial charge < -0.3 is 9.47 Å². The van der Waals surface area contributed by atoms with E-state index >= 15 is 0 Å². The average Bonchev–Trinajstić information content (AvgIpc) is 2.74. The Morgan fingerprint density at radius 2 is 2.20 bits per heavy atom. The molecule has 2 rings (SSSR count). The SMILES string of the molecule is CC(=O)OCC1CC2(CCCC2)C(=O)O1. The molecule has 1 unspecified atom stereocenters. The third-order valence-corrected chi connectivity index (χ3v) is 3.36.